The minimum absolute atomic E-state index is 0.720. The molecule has 1 aliphatic rings. The largest absolute Gasteiger partial charge is 0.316 e. The molecular formula is C11H17NS. The fraction of sp³-hybridized carbons (Fsp3) is 0.636. The molecule has 1 aromatic heterocycles. The standard InChI is InChI=1S/C11H17NS/c1-8-6-7-13-11(8)9-4-3-5-10(9)12-2/h6-7,9-10,12H,3-5H2,1-2H3. The van der Waals surface area contributed by atoms with Crippen molar-refractivity contribution in [3.63, 3.8) is 0 Å². The molecule has 72 valence electrons. The summed E-state index contributed by atoms with van der Waals surface area (Å²) in [5.74, 6) is 0.782. The molecular weight excluding hydrogens is 178 g/mol. The summed E-state index contributed by atoms with van der Waals surface area (Å²) in [6.07, 6.45) is 4.10. The Kier molecular flexibility index (Phi) is 2.70. The summed E-state index contributed by atoms with van der Waals surface area (Å²) in [5, 5.41) is 5.65. The lowest BCUT2D eigenvalue weighted by Gasteiger charge is -2.18. The molecule has 13 heavy (non-hydrogen) atoms. The van der Waals surface area contributed by atoms with Gasteiger partial charge in [-0.25, -0.2) is 0 Å². The number of likely N-dealkylation sites (N-methyl/N-ethyl adjacent to an activating group) is 1. The zero-order chi connectivity index (χ0) is 9.26. The molecule has 2 atom stereocenters. The first-order valence-corrected chi connectivity index (χ1v) is 5.92. The molecule has 1 N–H and O–H groups in total. The second-order valence-electron chi connectivity index (χ2n) is 3.90. The first kappa shape index (κ1) is 9.22. The zero-order valence-electron chi connectivity index (χ0n) is 8.34. The van der Waals surface area contributed by atoms with E-state index in [-0.39, 0.29) is 0 Å². The van der Waals surface area contributed by atoms with Crippen LogP contribution in [0.2, 0.25) is 0 Å². The maximum Gasteiger partial charge on any atom is 0.0141 e. The van der Waals surface area contributed by atoms with E-state index in [0.717, 1.165) is 12.0 Å². The molecule has 0 amide bonds. The average molecular weight is 195 g/mol. The van der Waals surface area contributed by atoms with Gasteiger partial charge in [0.2, 0.25) is 0 Å². The number of rotatable bonds is 2. The fourth-order valence-electron chi connectivity index (χ4n) is 2.38. The summed E-state index contributed by atoms with van der Waals surface area (Å²) in [7, 11) is 2.09. The van der Waals surface area contributed by atoms with E-state index >= 15 is 0 Å². The van der Waals surface area contributed by atoms with Gasteiger partial charge in [0.05, 0.1) is 0 Å². The van der Waals surface area contributed by atoms with Crippen LogP contribution in [0, 0.1) is 6.92 Å². The number of hydrogen-bond donors (Lipinski definition) is 1. The van der Waals surface area contributed by atoms with Crippen LogP contribution in [0.1, 0.15) is 35.6 Å². The van der Waals surface area contributed by atoms with E-state index in [0.29, 0.717) is 0 Å². The minimum atomic E-state index is 0.720. The van der Waals surface area contributed by atoms with Crippen LogP contribution in [0.4, 0.5) is 0 Å². The topological polar surface area (TPSA) is 12.0 Å². The van der Waals surface area contributed by atoms with Gasteiger partial charge in [-0.15, -0.1) is 11.3 Å². The number of nitrogens with one attached hydrogen (secondary N) is 1. The van der Waals surface area contributed by atoms with Crippen molar-refractivity contribution in [3.8, 4) is 0 Å². The lowest BCUT2D eigenvalue weighted by Crippen LogP contribution is -2.27. The van der Waals surface area contributed by atoms with Gasteiger partial charge in [0, 0.05) is 16.8 Å². The number of hydrogen-bond acceptors (Lipinski definition) is 2. The second kappa shape index (κ2) is 3.81. The first-order valence-electron chi connectivity index (χ1n) is 5.04. The minimum Gasteiger partial charge on any atom is -0.316 e. The predicted octanol–water partition coefficient (Wildman–Crippen LogP) is 2.91. The van der Waals surface area contributed by atoms with E-state index in [1.54, 1.807) is 4.88 Å². The van der Waals surface area contributed by atoms with Crippen LogP contribution in [-0.2, 0) is 0 Å². The average Bonchev–Trinajstić information content (AvgIpc) is 2.71. The van der Waals surface area contributed by atoms with Crippen LogP contribution in [0.15, 0.2) is 11.4 Å². The SMILES string of the molecule is CNC1CCCC1c1sccc1C. The van der Waals surface area contributed by atoms with Gasteiger partial charge in [0.15, 0.2) is 0 Å². The Morgan fingerprint density at radius 2 is 2.31 bits per heavy atom. The third kappa shape index (κ3) is 1.65. The van der Waals surface area contributed by atoms with Crippen LogP contribution >= 0.6 is 11.3 Å². The zero-order valence-corrected chi connectivity index (χ0v) is 9.16. The van der Waals surface area contributed by atoms with Crippen LogP contribution in [0.5, 0.6) is 0 Å². The molecule has 1 aromatic rings. The Balaban J connectivity index is 2.20. The fourth-order valence-corrected chi connectivity index (χ4v) is 3.51. The van der Waals surface area contributed by atoms with E-state index in [2.05, 4.69) is 30.7 Å². The summed E-state index contributed by atoms with van der Waals surface area (Å²) in [6, 6.07) is 2.96. The first-order chi connectivity index (χ1) is 6.33. The van der Waals surface area contributed by atoms with E-state index < -0.39 is 0 Å². The Bertz CT molecular complexity index is 279. The van der Waals surface area contributed by atoms with E-state index in [1.807, 2.05) is 11.3 Å². The van der Waals surface area contributed by atoms with Crippen LogP contribution < -0.4 is 5.32 Å². The molecule has 0 aliphatic heterocycles. The number of aryl methyl sites for hydroxylation is 1. The van der Waals surface area contributed by atoms with Gasteiger partial charge in [-0.2, -0.15) is 0 Å². The van der Waals surface area contributed by atoms with Gasteiger partial charge in [-0.3, -0.25) is 0 Å². The van der Waals surface area contributed by atoms with Crippen molar-refractivity contribution >= 4 is 11.3 Å². The molecule has 0 bridgehead atoms. The Hall–Kier alpha value is -0.340. The molecule has 1 heterocycles. The van der Waals surface area contributed by atoms with Crippen molar-refractivity contribution in [2.45, 2.75) is 38.1 Å². The molecule has 0 spiro atoms. The Morgan fingerprint density at radius 3 is 2.92 bits per heavy atom. The molecule has 1 saturated carbocycles. The molecule has 1 fully saturated rings. The molecule has 2 heteroatoms. The summed E-state index contributed by atoms with van der Waals surface area (Å²) >= 11 is 1.93. The van der Waals surface area contributed by atoms with Gasteiger partial charge in [0.25, 0.3) is 0 Å². The Labute approximate surface area is 84.2 Å². The molecule has 0 aromatic carbocycles. The summed E-state index contributed by atoms with van der Waals surface area (Å²) in [4.78, 5) is 1.61. The van der Waals surface area contributed by atoms with Crippen molar-refractivity contribution in [2.75, 3.05) is 7.05 Å². The number of thiophene rings is 1. The van der Waals surface area contributed by atoms with E-state index in [4.69, 9.17) is 0 Å². The van der Waals surface area contributed by atoms with Crippen molar-refractivity contribution in [3.05, 3.63) is 21.9 Å². The van der Waals surface area contributed by atoms with Crippen LogP contribution in [-0.4, -0.2) is 13.1 Å². The van der Waals surface area contributed by atoms with Gasteiger partial charge in [-0.05, 0) is 43.8 Å². The highest BCUT2D eigenvalue weighted by atomic mass is 32.1. The van der Waals surface area contributed by atoms with Gasteiger partial charge in [-0.1, -0.05) is 6.42 Å². The predicted molar refractivity (Wildman–Crippen MR) is 58.5 cm³/mol. The Morgan fingerprint density at radius 1 is 1.46 bits per heavy atom. The maximum absolute atomic E-state index is 3.44. The van der Waals surface area contributed by atoms with E-state index in [9.17, 15) is 0 Å². The molecule has 2 rings (SSSR count). The third-order valence-corrected chi connectivity index (χ3v) is 4.28. The summed E-state index contributed by atoms with van der Waals surface area (Å²) in [6.45, 7) is 2.23. The molecule has 0 saturated heterocycles. The smallest absolute Gasteiger partial charge is 0.0141 e. The highest BCUT2D eigenvalue weighted by Crippen LogP contribution is 2.38. The highest BCUT2D eigenvalue weighted by molar-refractivity contribution is 7.10. The molecule has 1 nitrogen and oxygen atoms in total. The summed E-state index contributed by atoms with van der Waals surface area (Å²) < 4.78 is 0. The van der Waals surface area contributed by atoms with Crippen molar-refractivity contribution in [1.82, 2.24) is 5.32 Å². The summed E-state index contributed by atoms with van der Waals surface area (Å²) in [5.41, 5.74) is 1.48. The second-order valence-corrected chi connectivity index (χ2v) is 4.85. The van der Waals surface area contributed by atoms with Crippen molar-refractivity contribution in [1.29, 1.82) is 0 Å². The highest BCUT2D eigenvalue weighted by Gasteiger charge is 2.28. The van der Waals surface area contributed by atoms with Crippen LogP contribution in [0.3, 0.4) is 0 Å². The van der Waals surface area contributed by atoms with E-state index in [1.165, 1.54) is 24.8 Å². The van der Waals surface area contributed by atoms with Crippen molar-refractivity contribution in [2.24, 2.45) is 0 Å². The third-order valence-electron chi connectivity index (χ3n) is 3.13. The van der Waals surface area contributed by atoms with Crippen molar-refractivity contribution < 1.29 is 0 Å². The van der Waals surface area contributed by atoms with Crippen LogP contribution in [0.25, 0.3) is 0 Å². The monoisotopic (exact) mass is 195 g/mol. The lowest BCUT2D eigenvalue weighted by atomic mass is 9.99. The van der Waals surface area contributed by atoms with Gasteiger partial charge < -0.3 is 5.32 Å². The molecule has 0 radical (unpaired) electrons. The quantitative estimate of drug-likeness (QED) is 0.765. The lowest BCUT2D eigenvalue weighted by molar-refractivity contribution is 0.526. The molecule has 2 unspecified atom stereocenters. The maximum atomic E-state index is 3.44. The normalized spacial score (nSPS) is 28.2. The molecule has 1 aliphatic carbocycles. The van der Waals surface area contributed by atoms with Gasteiger partial charge in [0.1, 0.15) is 0 Å². The van der Waals surface area contributed by atoms with Gasteiger partial charge >= 0.3 is 0 Å².